The van der Waals surface area contributed by atoms with Gasteiger partial charge in [-0.25, -0.2) is 0 Å². The van der Waals surface area contributed by atoms with Gasteiger partial charge in [-0.05, 0) is 52.6 Å². The van der Waals surface area contributed by atoms with Gasteiger partial charge in [0.25, 0.3) is 0 Å². The summed E-state index contributed by atoms with van der Waals surface area (Å²) < 4.78 is 6.16. The van der Waals surface area contributed by atoms with E-state index >= 15 is 0 Å². The predicted octanol–water partition coefficient (Wildman–Crippen LogP) is 7.29. The normalized spacial score (nSPS) is 17.3. The van der Waals surface area contributed by atoms with Crippen LogP contribution in [0.5, 0.6) is 0 Å². The highest BCUT2D eigenvalue weighted by Crippen LogP contribution is 2.50. The molecule has 0 aliphatic heterocycles. The third-order valence-corrected chi connectivity index (χ3v) is 6.04. The molecule has 5 rings (SSSR count). The van der Waals surface area contributed by atoms with Crippen molar-refractivity contribution >= 4 is 33.3 Å². The molecule has 0 unspecified atom stereocenters. The topological polar surface area (TPSA) is 25.2 Å². The highest BCUT2D eigenvalue weighted by molar-refractivity contribution is 6.09. The summed E-state index contributed by atoms with van der Waals surface area (Å²) >= 11 is 0. The van der Waals surface area contributed by atoms with Crippen molar-refractivity contribution in [2.75, 3.05) is 5.32 Å². The van der Waals surface area contributed by atoms with Gasteiger partial charge in [0.1, 0.15) is 5.58 Å². The molecule has 0 spiro atoms. The van der Waals surface area contributed by atoms with Crippen LogP contribution in [0, 0.1) is 0 Å². The van der Waals surface area contributed by atoms with Crippen molar-refractivity contribution in [2.45, 2.75) is 44.9 Å². The van der Waals surface area contributed by atoms with Crippen LogP contribution in [-0.4, -0.2) is 0 Å². The van der Waals surface area contributed by atoms with E-state index in [0.29, 0.717) is 0 Å². The molecule has 0 radical (unpaired) electrons. The van der Waals surface area contributed by atoms with Crippen molar-refractivity contribution in [3.8, 4) is 0 Å². The van der Waals surface area contributed by atoms with Gasteiger partial charge >= 0.3 is 0 Å². The van der Waals surface area contributed by atoms with E-state index in [4.69, 9.17) is 4.42 Å². The van der Waals surface area contributed by atoms with Gasteiger partial charge in [0.05, 0.1) is 5.69 Å². The number of anilines is 2. The fourth-order valence-corrected chi connectivity index (χ4v) is 5.07. The number of hydrogen-bond acceptors (Lipinski definition) is 2. The smallest absolute Gasteiger partial charge is 0.158 e. The van der Waals surface area contributed by atoms with E-state index in [2.05, 4.69) is 81.5 Å². The Morgan fingerprint density at radius 2 is 1.52 bits per heavy atom. The van der Waals surface area contributed by atoms with Crippen LogP contribution < -0.4 is 5.32 Å². The molecule has 1 aromatic heterocycles. The van der Waals surface area contributed by atoms with E-state index < -0.39 is 0 Å². The monoisotopic (exact) mass is 355 g/mol. The van der Waals surface area contributed by atoms with E-state index in [0.717, 1.165) is 33.3 Å². The summed E-state index contributed by atoms with van der Waals surface area (Å²) in [5.74, 6) is 0. The summed E-state index contributed by atoms with van der Waals surface area (Å²) in [6.45, 7) is 9.40. The van der Waals surface area contributed by atoms with Crippen molar-refractivity contribution in [3.63, 3.8) is 0 Å². The van der Waals surface area contributed by atoms with Crippen LogP contribution in [0.15, 0.2) is 65.1 Å². The van der Waals surface area contributed by atoms with Crippen LogP contribution in [0.25, 0.3) is 21.9 Å². The standard InChI is InChI=1S/C25H25NO/c1-24(2)15-25(3,4)20-14-16(12-13-19(20)24)26-21-10-7-9-18-17-8-5-6-11-22(17)27-23(18)21/h5-14,26H,15H2,1-4H3. The second kappa shape index (κ2) is 5.39. The largest absolute Gasteiger partial charge is 0.454 e. The van der Waals surface area contributed by atoms with Crippen molar-refractivity contribution in [1.29, 1.82) is 0 Å². The van der Waals surface area contributed by atoms with Crippen LogP contribution in [0.4, 0.5) is 11.4 Å². The Labute approximate surface area is 160 Å². The van der Waals surface area contributed by atoms with Gasteiger partial charge in [0, 0.05) is 16.5 Å². The van der Waals surface area contributed by atoms with Crippen LogP contribution >= 0.6 is 0 Å². The second-order valence-electron chi connectivity index (χ2n) is 9.11. The summed E-state index contributed by atoms with van der Waals surface area (Å²) in [4.78, 5) is 0. The molecule has 0 bridgehead atoms. The first-order valence-corrected chi connectivity index (χ1v) is 9.67. The SMILES string of the molecule is CC1(C)CC(C)(C)c2cc(Nc3cccc4c3oc3ccccc34)ccc21. The third-order valence-electron chi connectivity index (χ3n) is 6.04. The molecule has 1 aliphatic rings. The van der Waals surface area contributed by atoms with Crippen LogP contribution in [0.1, 0.15) is 45.2 Å². The summed E-state index contributed by atoms with van der Waals surface area (Å²) in [7, 11) is 0. The lowest BCUT2D eigenvalue weighted by Gasteiger charge is -2.22. The number of para-hydroxylation sites is 2. The van der Waals surface area contributed by atoms with Gasteiger partial charge in [-0.3, -0.25) is 0 Å². The molecule has 1 aliphatic carbocycles. The van der Waals surface area contributed by atoms with Gasteiger partial charge in [-0.15, -0.1) is 0 Å². The highest BCUT2D eigenvalue weighted by atomic mass is 16.3. The first-order chi connectivity index (χ1) is 12.9. The molecule has 1 heterocycles. The minimum Gasteiger partial charge on any atom is -0.454 e. The number of rotatable bonds is 2. The molecule has 4 aromatic rings. The fourth-order valence-electron chi connectivity index (χ4n) is 5.07. The number of benzene rings is 3. The van der Waals surface area contributed by atoms with E-state index in [1.165, 1.54) is 17.5 Å². The van der Waals surface area contributed by atoms with Crippen molar-refractivity contribution < 1.29 is 4.42 Å². The number of nitrogens with one attached hydrogen (secondary N) is 1. The maximum absolute atomic E-state index is 6.16. The van der Waals surface area contributed by atoms with E-state index in [-0.39, 0.29) is 10.8 Å². The van der Waals surface area contributed by atoms with Crippen molar-refractivity contribution in [1.82, 2.24) is 0 Å². The molecule has 0 atom stereocenters. The number of fused-ring (bicyclic) bond motifs is 4. The number of furan rings is 1. The zero-order valence-corrected chi connectivity index (χ0v) is 16.4. The molecule has 0 amide bonds. The molecule has 3 aromatic carbocycles. The molecule has 27 heavy (non-hydrogen) atoms. The molecular weight excluding hydrogens is 330 g/mol. The molecule has 2 heteroatoms. The summed E-state index contributed by atoms with van der Waals surface area (Å²) in [6, 6.07) is 21.3. The minimum atomic E-state index is 0.196. The summed E-state index contributed by atoms with van der Waals surface area (Å²) in [6.07, 6.45) is 1.18. The Kier molecular flexibility index (Phi) is 3.28. The highest BCUT2D eigenvalue weighted by Gasteiger charge is 2.41. The maximum Gasteiger partial charge on any atom is 0.158 e. The third kappa shape index (κ3) is 2.47. The molecule has 0 fully saturated rings. The lowest BCUT2D eigenvalue weighted by Crippen LogP contribution is -2.17. The van der Waals surface area contributed by atoms with E-state index in [1.807, 2.05) is 12.1 Å². The van der Waals surface area contributed by atoms with Crippen molar-refractivity contribution in [3.05, 3.63) is 71.8 Å². The second-order valence-corrected chi connectivity index (χ2v) is 9.11. The Hall–Kier alpha value is -2.74. The average molecular weight is 355 g/mol. The average Bonchev–Trinajstić information content (AvgIpc) is 3.08. The molecule has 0 saturated carbocycles. The predicted molar refractivity (Wildman–Crippen MR) is 114 cm³/mol. The van der Waals surface area contributed by atoms with Gasteiger partial charge in [-0.1, -0.05) is 64.1 Å². The molecule has 1 N–H and O–H groups in total. The lowest BCUT2D eigenvalue weighted by atomic mass is 9.82. The van der Waals surface area contributed by atoms with Gasteiger partial charge < -0.3 is 9.73 Å². The Balaban J connectivity index is 1.61. The Bertz CT molecular complexity index is 1180. The quantitative estimate of drug-likeness (QED) is 0.408. The molecule has 136 valence electrons. The zero-order valence-electron chi connectivity index (χ0n) is 16.4. The molecular formula is C25H25NO. The van der Waals surface area contributed by atoms with Gasteiger partial charge in [-0.2, -0.15) is 0 Å². The minimum absolute atomic E-state index is 0.196. The Morgan fingerprint density at radius 3 is 2.37 bits per heavy atom. The maximum atomic E-state index is 6.16. The van der Waals surface area contributed by atoms with Gasteiger partial charge in [0.2, 0.25) is 0 Å². The first kappa shape index (κ1) is 16.4. The lowest BCUT2D eigenvalue weighted by molar-refractivity contribution is 0.403. The van der Waals surface area contributed by atoms with Crippen LogP contribution in [0.2, 0.25) is 0 Å². The summed E-state index contributed by atoms with van der Waals surface area (Å²) in [5, 5.41) is 5.92. The molecule has 0 saturated heterocycles. The molecule has 2 nitrogen and oxygen atoms in total. The Morgan fingerprint density at radius 1 is 0.778 bits per heavy atom. The van der Waals surface area contributed by atoms with Gasteiger partial charge in [0.15, 0.2) is 5.58 Å². The first-order valence-electron chi connectivity index (χ1n) is 9.67. The number of hydrogen-bond donors (Lipinski definition) is 1. The van der Waals surface area contributed by atoms with Crippen LogP contribution in [0.3, 0.4) is 0 Å². The van der Waals surface area contributed by atoms with Crippen molar-refractivity contribution in [2.24, 2.45) is 0 Å². The van der Waals surface area contributed by atoms with Crippen LogP contribution in [-0.2, 0) is 10.8 Å². The van der Waals surface area contributed by atoms with E-state index in [9.17, 15) is 0 Å². The zero-order chi connectivity index (χ0) is 18.8. The van der Waals surface area contributed by atoms with E-state index in [1.54, 1.807) is 0 Å². The fraction of sp³-hybridized carbons (Fsp3) is 0.280. The summed E-state index contributed by atoms with van der Waals surface area (Å²) in [5.41, 5.74) is 7.33.